The summed E-state index contributed by atoms with van der Waals surface area (Å²) in [6.07, 6.45) is 6.30. The van der Waals surface area contributed by atoms with Crippen molar-refractivity contribution in [3.05, 3.63) is 40.6 Å². The second-order valence-corrected chi connectivity index (χ2v) is 10.3. The van der Waals surface area contributed by atoms with E-state index in [2.05, 4.69) is 16.5 Å². The number of hydrogen-bond donors (Lipinski definition) is 1. The number of aryl methyl sites for hydroxylation is 2. The van der Waals surface area contributed by atoms with Crippen LogP contribution in [-0.4, -0.2) is 24.1 Å². The topological polar surface area (TPSA) is 81.1 Å². The summed E-state index contributed by atoms with van der Waals surface area (Å²) in [5, 5.41) is 7.55. The first-order valence-electron chi connectivity index (χ1n) is 10.0. The second kappa shape index (κ2) is 7.35. The molecule has 1 saturated carbocycles. The van der Waals surface area contributed by atoms with Gasteiger partial charge in [-0.15, -0.1) is 0 Å². The normalized spacial score (nSPS) is 18.4. The number of anilines is 1. The van der Waals surface area contributed by atoms with Crippen molar-refractivity contribution >= 4 is 21.6 Å². The van der Waals surface area contributed by atoms with Crippen LogP contribution in [0.25, 0.3) is 5.69 Å². The van der Waals surface area contributed by atoms with Crippen molar-refractivity contribution in [2.75, 3.05) is 5.32 Å². The minimum atomic E-state index is -3.19. The summed E-state index contributed by atoms with van der Waals surface area (Å²) in [7, 11) is -3.19. The predicted molar refractivity (Wildman–Crippen MR) is 109 cm³/mol. The number of sulfone groups is 1. The highest BCUT2D eigenvalue weighted by Crippen LogP contribution is 2.34. The molecule has 0 unspecified atom stereocenters. The van der Waals surface area contributed by atoms with E-state index >= 15 is 0 Å². The van der Waals surface area contributed by atoms with E-state index in [1.165, 1.54) is 25.7 Å². The molecule has 1 amide bonds. The summed E-state index contributed by atoms with van der Waals surface area (Å²) in [4.78, 5) is 12.6. The minimum Gasteiger partial charge on any atom is -0.310 e. The van der Waals surface area contributed by atoms with E-state index in [1.54, 1.807) is 4.68 Å². The van der Waals surface area contributed by atoms with Crippen LogP contribution >= 0.6 is 0 Å². The lowest BCUT2D eigenvalue weighted by atomic mass is 10.0. The molecule has 0 saturated heterocycles. The van der Waals surface area contributed by atoms with Crippen molar-refractivity contribution in [3.63, 3.8) is 0 Å². The molecule has 7 heteroatoms. The van der Waals surface area contributed by atoms with Gasteiger partial charge in [0.15, 0.2) is 9.84 Å². The number of nitrogens with zero attached hydrogens (tertiary/aromatic N) is 2. The van der Waals surface area contributed by atoms with Gasteiger partial charge in [-0.1, -0.05) is 43.4 Å². The van der Waals surface area contributed by atoms with Gasteiger partial charge in [0, 0.05) is 12.0 Å². The van der Waals surface area contributed by atoms with Gasteiger partial charge in [-0.05, 0) is 37.8 Å². The van der Waals surface area contributed by atoms with Crippen LogP contribution < -0.4 is 5.32 Å². The highest BCUT2D eigenvalue weighted by molar-refractivity contribution is 7.90. The van der Waals surface area contributed by atoms with Crippen molar-refractivity contribution in [2.45, 2.75) is 63.9 Å². The molecule has 2 heterocycles. The molecule has 6 nitrogen and oxygen atoms in total. The Hall–Kier alpha value is -2.15. The van der Waals surface area contributed by atoms with E-state index in [0.29, 0.717) is 29.4 Å². The molecule has 1 aromatic heterocycles. The van der Waals surface area contributed by atoms with Gasteiger partial charge in [0.25, 0.3) is 0 Å². The van der Waals surface area contributed by atoms with E-state index in [0.717, 1.165) is 23.2 Å². The van der Waals surface area contributed by atoms with Gasteiger partial charge >= 0.3 is 0 Å². The lowest BCUT2D eigenvalue weighted by Crippen LogP contribution is -2.17. The zero-order valence-electron chi connectivity index (χ0n) is 16.5. The number of carbonyl (C=O) groups is 1. The van der Waals surface area contributed by atoms with Gasteiger partial charge in [0.1, 0.15) is 5.82 Å². The first-order chi connectivity index (χ1) is 13.3. The SMILES string of the molecule is Cc1ccc(-n2nc3c(c2NC(=O)CCC2CCCC2)CS(=O)(=O)C3)c(C)c1. The van der Waals surface area contributed by atoms with Crippen LogP contribution in [0.2, 0.25) is 0 Å². The smallest absolute Gasteiger partial charge is 0.225 e. The molecule has 1 fully saturated rings. The van der Waals surface area contributed by atoms with E-state index in [-0.39, 0.29) is 17.4 Å². The summed E-state index contributed by atoms with van der Waals surface area (Å²) in [6, 6.07) is 6.03. The van der Waals surface area contributed by atoms with Crippen LogP contribution in [0.15, 0.2) is 18.2 Å². The van der Waals surface area contributed by atoms with E-state index in [4.69, 9.17) is 0 Å². The fourth-order valence-corrected chi connectivity index (χ4v) is 5.91. The molecule has 2 aromatic rings. The van der Waals surface area contributed by atoms with Crippen LogP contribution in [0.1, 0.15) is 60.9 Å². The third-order valence-electron chi connectivity index (χ3n) is 5.88. The molecule has 4 rings (SSSR count). The molecule has 0 radical (unpaired) electrons. The van der Waals surface area contributed by atoms with Gasteiger partial charge in [0.2, 0.25) is 5.91 Å². The number of benzene rings is 1. The lowest BCUT2D eigenvalue weighted by molar-refractivity contribution is -0.116. The number of aromatic nitrogens is 2. The van der Waals surface area contributed by atoms with Gasteiger partial charge < -0.3 is 5.32 Å². The summed E-state index contributed by atoms with van der Waals surface area (Å²) in [6.45, 7) is 4.02. The average molecular weight is 402 g/mol. The zero-order valence-corrected chi connectivity index (χ0v) is 17.3. The van der Waals surface area contributed by atoms with Crippen molar-refractivity contribution in [2.24, 2.45) is 5.92 Å². The van der Waals surface area contributed by atoms with Crippen molar-refractivity contribution in [1.82, 2.24) is 9.78 Å². The Morgan fingerprint density at radius 2 is 1.96 bits per heavy atom. The van der Waals surface area contributed by atoms with Crippen LogP contribution in [-0.2, 0) is 26.1 Å². The molecule has 1 N–H and O–H groups in total. The van der Waals surface area contributed by atoms with E-state index in [9.17, 15) is 13.2 Å². The Labute approximate surface area is 166 Å². The molecule has 2 aliphatic rings. The molecule has 1 aromatic carbocycles. The Morgan fingerprint density at radius 1 is 1.21 bits per heavy atom. The maximum absolute atomic E-state index is 12.6. The fraction of sp³-hybridized carbons (Fsp3) is 0.524. The molecular formula is C21H27N3O3S. The number of carbonyl (C=O) groups excluding carboxylic acids is 1. The third kappa shape index (κ3) is 3.85. The molecule has 1 aliphatic heterocycles. The van der Waals surface area contributed by atoms with Gasteiger partial charge in [-0.25, -0.2) is 13.1 Å². The molecule has 1 aliphatic carbocycles. The quantitative estimate of drug-likeness (QED) is 0.826. The number of hydrogen-bond acceptors (Lipinski definition) is 4. The van der Waals surface area contributed by atoms with E-state index in [1.807, 2.05) is 26.0 Å². The highest BCUT2D eigenvalue weighted by atomic mass is 32.2. The van der Waals surface area contributed by atoms with Crippen LogP contribution in [0.3, 0.4) is 0 Å². The fourth-order valence-electron chi connectivity index (χ4n) is 4.42. The van der Waals surface area contributed by atoms with Gasteiger partial charge in [0.05, 0.1) is 22.9 Å². The Kier molecular flexibility index (Phi) is 5.04. The minimum absolute atomic E-state index is 0.0640. The molecule has 28 heavy (non-hydrogen) atoms. The monoisotopic (exact) mass is 401 g/mol. The Bertz CT molecular complexity index is 1020. The summed E-state index contributed by atoms with van der Waals surface area (Å²) >= 11 is 0. The van der Waals surface area contributed by atoms with Crippen LogP contribution in [0.4, 0.5) is 5.82 Å². The average Bonchev–Trinajstić information content (AvgIpc) is 3.30. The second-order valence-electron chi connectivity index (χ2n) is 8.25. The third-order valence-corrected chi connectivity index (χ3v) is 7.32. The predicted octanol–water partition coefficient (Wildman–Crippen LogP) is 3.83. The number of amides is 1. The van der Waals surface area contributed by atoms with Crippen molar-refractivity contribution < 1.29 is 13.2 Å². The van der Waals surface area contributed by atoms with Crippen molar-refractivity contribution in [1.29, 1.82) is 0 Å². The molecule has 0 bridgehead atoms. The zero-order chi connectivity index (χ0) is 19.9. The number of fused-ring (bicyclic) bond motifs is 1. The van der Waals surface area contributed by atoms with Crippen LogP contribution in [0.5, 0.6) is 0 Å². The number of rotatable bonds is 5. The summed E-state index contributed by atoms with van der Waals surface area (Å²) in [5.74, 6) is 0.960. The van der Waals surface area contributed by atoms with E-state index < -0.39 is 9.84 Å². The maximum Gasteiger partial charge on any atom is 0.225 e. The first kappa shape index (κ1) is 19.2. The summed E-state index contributed by atoms with van der Waals surface area (Å²) in [5.41, 5.74) is 4.22. The molecule has 150 valence electrons. The summed E-state index contributed by atoms with van der Waals surface area (Å²) < 4.78 is 25.9. The van der Waals surface area contributed by atoms with Gasteiger partial charge in [-0.3, -0.25) is 4.79 Å². The number of nitrogens with one attached hydrogen (secondary N) is 1. The lowest BCUT2D eigenvalue weighted by Gasteiger charge is -2.14. The van der Waals surface area contributed by atoms with Crippen LogP contribution in [0, 0.1) is 19.8 Å². The standard InChI is InChI=1S/C21H27N3O3S/c1-14-7-9-19(15(2)11-14)24-21(17-12-28(26,27)13-18(17)23-24)22-20(25)10-8-16-5-3-4-6-16/h7,9,11,16H,3-6,8,10,12-13H2,1-2H3,(H,22,25). The largest absolute Gasteiger partial charge is 0.310 e. The molecular weight excluding hydrogens is 374 g/mol. The molecule has 0 spiro atoms. The maximum atomic E-state index is 12.6. The van der Waals surface area contributed by atoms with Crippen molar-refractivity contribution in [3.8, 4) is 5.69 Å². The van der Waals surface area contributed by atoms with Gasteiger partial charge in [-0.2, -0.15) is 5.10 Å². The first-order valence-corrected chi connectivity index (χ1v) is 11.8. The molecule has 0 atom stereocenters. The Morgan fingerprint density at radius 3 is 2.68 bits per heavy atom. The Balaban J connectivity index is 1.63. The highest BCUT2D eigenvalue weighted by Gasteiger charge is 2.33.